The van der Waals surface area contributed by atoms with Gasteiger partial charge in [0.05, 0.1) is 12.0 Å². The zero-order valence-corrected chi connectivity index (χ0v) is 12.8. The zero-order valence-electron chi connectivity index (χ0n) is 12.8. The van der Waals surface area contributed by atoms with Crippen LogP contribution in [0.4, 0.5) is 4.79 Å². The molecule has 0 aliphatic heterocycles. The number of carbonyl (C=O) groups is 2. The van der Waals surface area contributed by atoms with Gasteiger partial charge in [0.25, 0.3) is 0 Å². The van der Waals surface area contributed by atoms with Crippen molar-refractivity contribution in [2.75, 3.05) is 33.7 Å². The van der Waals surface area contributed by atoms with Crippen LogP contribution in [0.3, 0.4) is 0 Å². The molecular formula is C14H27N3O3. The first-order valence-electron chi connectivity index (χ1n) is 7.32. The van der Waals surface area contributed by atoms with Crippen molar-refractivity contribution >= 4 is 12.0 Å². The summed E-state index contributed by atoms with van der Waals surface area (Å²) in [6, 6.07) is -0.132. The highest BCUT2D eigenvalue weighted by Crippen LogP contribution is 2.35. The summed E-state index contributed by atoms with van der Waals surface area (Å²) in [4.78, 5) is 27.0. The van der Waals surface area contributed by atoms with Crippen LogP contribution < -0.4 is 5.32 Å². The van der Waals surface area contributed by atoms with Gasteiger partial charge in [-0.2, -0.15) is 0 Å². The molecule has 1 fully saturated rings. The Labute approximate surface area is 121 Å². The van der Waals surface area contributed by atoms with E-state index in [4.69, 9.17) is 5.11 Å². The zero-order chi connectivity index (χ0) is 15.2. The van der Waals surface area contributed by atoms with E-state index in [1.165, 1.54) is 0 Å². The highest BCUT2D eigenvalue weighted by Gasteiger charge is 2.41. The molecule has 1 rings (SSSR count). The van der Waals surface area contributed by atoms with E-state index < -0.39 is 11.5 Å². The number of aliphatic carboxylic acids is 1. The van der Waals surface area contributed by atoms with Gasteiger partial charge in [0.2, 0.25) is 0 Å². The van der Waals surface area contributed by atoms with Gasteiger partial charge in [-0.3, -0.25) is 4.79 Å². The van der Waals surface area contributed by atoms with Gasteiger partial charge in [-0.1, -0.05) is 0 Å². The molecular weight excluding hydrogens is 258 g/mol. The number of carboxylic acid groups (broad SMARTS) is 1. The molecule has 1 aliphatic rings. The molecule has 0 unspecified atom stereocenters. The molecule has 6 nitrogen and oxygen atoms in total. The van der Waals surface area contributed by atoms with E-state index >= 15 is 0 Å². The van der Waals surface area contributed by atoms with Crippen molar-refractivity contribution in [3.8, 4) is 0 Å². The summed E-state index contributed by atoms with van der Waals surface area (Å²) in [5, 5.41) is 11.9. The highest BCUT2D eigenvalue weighted by atomic mass is 16.4. The van der Waals surface area contributed by atoms with Crippen LogP contribution in [-0.4, -0.2) is 66.2 Å². The van der Waals surface area contributed by atoms with E-state index in [-0.39, 0.29) is 12.5 Å². The van der Waals surface area contributed by atoms with Crippen LogP contribution in [0.2, 0.25) is 0 Å². The predicted octanol–water partition coefficient (Wildman–Crippen LogP) is 1.37. The Morgan fingerprint density at radius 1 is 1.25 bits per heavy atom. The molecule has 0 aromatic rings. The molecule has 0 aromatic heterocycles. The molecule has 0 aromatic carbocycles. The Morgan fingerprint density at radius 2 is 1.90 bits per heavy atom. The average Bonchev–Trinajstić information content (AvgIpc) is 2.30. The second kappa shape index (κ2) is 7.47. The first-order chi connectivity index (χ1) is 9.38. The lowest BCUT2D eigenvalue weighted by Crippen LogP contribution is -2.58. The van der Waals surface area contributed by atoms with Gasteiger partial charge in [0.1, 0.15) is 0 Å². The van der Waals surface area contributed by atoms with Crippen molar-refractivity contribution in [3.05, 3.63) is 0 Å². The molecule has 0 heterocycles. The summed E-state index contributed by atoms with van der Waals surface area (Å²) in [6.45, 7) is 4.22. The lowest BCUT2D eigenvalue weighted by molar-refractivity contribution is -0.139. The maximum Gasteiger partial charge on any atom is 0.317 e. The number of hydrogen-bond acceptors (Lipinski definition) is 3. The van der Waals surface area contributed by atoms with Crippen LogP contribution in [-0.2, 0) is 4.79 Å². The number of carbonyl (C=O) groups excluding carboxylic acids is 1. The Hall–Kier alpha value is -1.30. The molecule has 2 N–H and O–H groups in total. The molecule has 0 spiro atoms. The molecule has 6 heteroatoms. The summed E-state index contributed by atoms with van der Waals surface area (Å²) in [5.41, 5.74) is -0.516. The second-order valence-corrected chi connectivity index (χ2v) is 5.87. The van der Waals surface area contributed by atoms with Crippen LogP contribution in [0.15, 0.2) is 0 Å². The second-order valence-electron chi connectivity index (χ2n) is 5.87. The first-order valence-corrected chi connectivity index (χ1v) is 7.32. The summed E-state index contributed by atoms with van der Waals surface area (Å²) in [6.07, 6.45) is 3.45. The smallest absolute Gasteiger partial charge is 0.317 e. The first kappa shape index (κ1) is 16.8. The SMILES string of the molecule is CCN(CCCN(C)C)C(=O)NC1(CC(=O)O)CCC1. The van der Waals surface area contributed by atoms with Crippen molar-refractivity contribution in [1.82, 2.24) is 15.1 Å². The Kier molecular flexibility index (Phi) is 6.26. The van der Waals surface area contributed by atoms with Crippen molar-refractivity contribution in [2.24, 2.45) is 0 Å². The molecule has 0 atom stereocenters. The van der Waals surface area contributed by atoms with Crippen LogP contribution in [0, 0.1) is 0 Å². The minimum atomic E-state index is -0.847. The third kappa shape index (κ3) is 5.00. The maximum atomic E-state index is 12.2. The van der Waals surface area contributed by atoms with E-state index in [0.717, 1.165) is 32.2 Å². The predicted molar refractivity (Wildman–Crippen MR) is 77.8 cm³/mol. The molecule has 20 heavy (non-hydrogen) atoms. The standard InChI is InChI=1S/C14H27N3O3/c1-4-17(10-6-9-16(2)3)13(20)15-14(7-5-8-14)11-12(18)19/h4-11H2,1-3H3,(H,15,20)(H,18,19). The fourth-order valence-corrected chi connectivity index (χ4v) is 2.53. The minimum absolute atomic E-state index is 0.0218. The number of hydrogen-bond donors (Lipinski definition) is 2. The van der Waals surface area contributed by atoms with Gasteiger partial charge in [-0.15, -0.1) is 0 Å². The van der Waals surface area contributed by atoms with Crippen molar-refractivity contribution in [2.45, 2.75) is 44.6 Å². The van der Waals surface area contributed by atoms with Gasteiger partial charge >= 0.3 is 12.0 Å². The molecule has 2 amide bonds. The lowest BCUT2D eigenvalue weighted by Gasteiger charge is -2.42. The van der Waals surface area contributed by atoms with Gasteiger partial charge in [0.15, 0.2) is 0 Å². The number of amides is 2. The third-order valence-corrected chi connectivity index (χ3v) is 3.87. The van der Waals surface area contributed by atoms with Crippen LogP contribution in [0.25, 0.3) is 0 Å². The largest absolute Gasteiger partial charge is 0.481 e. The van der Waals surface area contributed by atoms with Gasteiger partial charge in [0, 0.05) is 13.1 Å². The van der Waals surface area contributed by atoms with Crippen molar-refractivity contribution in [3.63, 3.8) is 0 Å². The highest BCUT2D eigenvalue weighted by molar-refractivity contribution is 5.77. The van der Waals surface area contributed by atoms with E-state index in [1.807, 2.05) is 21.0 Å². The molecule has 0 bridgehead atoms. The number of carboxylic acids is 1. The molecule has 0 radical (unpaired) electrons. The van der Waals surface area contributed by atoms with Gasteiger partial charge < -0.3 is 20.2 Å². The minimum Gasteiger partial charge on any atom is -0.481 e. The fraction of sp³-hybridized carbons (Fsp3) is 0.857. The van der Waals surface area contributed by atoms with E-state index in [1.54, 1.807) is 4.90 Å². The third-order valence-electron chi connectivity index (χ3n) is 3.87. The average molecular weight is 285 g/mol. The summed E-state index contributed by atoms with van der Waals surface area (Å²) < 4.78 is 0. The Balaban J connectivity index is 2.47. The number of nitrogens with zero attached hydrogens (tertiary/aromatic N) is 2. The van der Waals surface area contributed by atoms with Crippen LogP contribution >= 0.6 is 0 Å². The topological polar surface area (TPSA) is 72.9 Å². The summed E-state index contributed by atoms with van der Waals surface area (Å²) >= 11 is 0. The maximum absolute atomic E-state index is 12.2. The van der Waals surface area contributed by atoms with Crippen LogP contribution in [0.5, 0.6) is 0 Å². The van der Waals surface area contributed by atoms with E-state index in [0.29, 0.717) is 13.1 Å². The normalized spacial score (nSPS) is 16.6. The van der Waals surface area contributed by atoms with Crippen LogP contribution in [0.1, 0.15) is 39.0 Å². The van der Waals surface area contributed by atoms with Crippen molar-refractivity contribution in [1.29, 1.82) is 0 Å². The summed E-state index contributed by atoms with van der Waals surface area (Å²) in [5.74, 6) is -0.847. The molecule has 1 saturated carbocycles. The number of urea groups is 1. The molecule has 1 aliphatic carbocycles. The Bertz CT molecular complexity index is 341. The van der Waals surface area contributed by atoms with E-state index in [9.17, 15) is 9.59 Å². The fourth-order valence-electron chi connectivity index (χ4n) is 2.53. The Morgan fingerprint density at radius 3 is 2.30 bits per heavy atom. The van der Waals surface area contributed by atoms with E-state index in [2.05, 4.69) is 10.2 Å². The van der Waals surface area contributed by atoms with Gasteiger partial charge in [-0.05, 0) is 53.2 Å². The summed E-state index contributed by atoms with van der Waals surface area (Å²) in [7, 11) is 4.01. The monoisotopic (exact) mass is 285 g/mol. The molecule has 116 valence electrons. The van der Waals surface area contributed by atoms with Crippen molar-refractivity contribution < 1.29 is 14.7 Å². The lowest BCUT2D eigenvalue weighted by atomic mass is 9.74. The number of rotatable bonds is 8. The molecule has 0 saturated heterocycles. The van der Waals surface area contributed by atoms with Gasteiger partial charge in [-0.25, -0.2) is 4.79 Å². The quantitative estimate of drug-likeness (QED) is 0.706. The number of nitrogens with one attached hydrogen (secondary N) is 1.